The third-order valence-corrected chi connectivity index (χ3v) is 21.2. The van der Waals surface area contributed by atoms with Crippen LogP contribution >= 0.6 is 17.2 Å². The molecule has 8 bridgehead atoms. The van der Waals surface area contributed by atoms with E-state index >= 15 is 0 Å². The van der Waals surface area contributed by atoms with E-state index in [-0.39, 0.29) is 25.0 Å². The van der Waals surface area contributed by atoms with E-state index in [1.165, 1.54) is 50.3 Å². The van der Waals surface area contributed by atoms with E-state index in [9.17, 15) is 0 Å². The first-order chi connectivity index (χ1) is 24.1. The van der Waals surface area contributed by atoms with Crippen molar-refractivity contribution in [1.82, 2.24) is 19.9 Å². The normalized spacial score (nSPS) is 33.7. The van der Waals surface area contributed by atoms with Crippen LogP contribution in [0, 0.1) is 35.5 Å². The van der Waals surface area contributed by atoms with Crippen LogP contribution in [0.3, 0.4) is 0 Å². The molecule has 0 aliphatic heterocycles. The van der Waals surface area contributed by atoms with Crippen LogP contribution in [-0.4, -0.2) is 38.3 Å². The van der Waals surface area contributed by atoms with Gasteiger partial charge < -0.3 is 0 Å². The molecule has 8 fully saturated rings. The van der Waals surface area contributed by atoms with Crippen molar-refractivity contribution in [3.05, 3.63) is 102 Å². The zero-order valence-corrected chi connectivity index (χ0v) is 35.0. The Morgan fingerprint density at radius 3 is 1.49 bits per heavy atom. The molecule has 8 aliphatic rings. The molecule has 0 spiro atoms. The van der Waals surface area contributed by atoms with E-state index in [1.54, 1.807) is 61.7 Å². The maximum Gasteiger partial charge on any atom is 2.00 e. The molecule has 0 saturated heterocycles. The average molecular weight is 775 g/mol. The molecule has 8 aliphatic carbocycles. The van der Waals surface area contributed by atoms with Gasteiger partial charge in [0.05, 0.1) is 24.6 Å². The summed E-state index contributed by atoms with van der Waals surface area (Å²) in [6.07, 6.45) is 31.0. The van der Waals surface area contributed by atoms with Crippen LogP contribution in [0.5, 0.6) is 0 Å². The molecule has 270 valence electrons. The van der Waals surface area contributed by atoms with Crippen molar-refractivity contribution in [3.63, 3.8) is 0 Å². The summed E-state index contributed by atoms with van der Waals surface area (Å²) >= 11 is 0. The number of aromatic nitrogens is 4. The van der Waals surface area contributed by atoms with Gasteiger partial charge in [0.25, 0.3) is 0 Å². The topological polar surface area (TPSA) is 51.6 Å². The Bertz CT molecular complexity index is 1600. The van der Waals surface area contributed by atoms with Gasteiger partial charge in [-0.1, -0.05) is 25.8 Å². The van der Waals surface area contributed by atoms with E-state index in [0.717, 1.165) is 46.9 Å². The fraction of sp³-hybridized carbons (Fsp3) is 0.581. The van der Waals surface area contributed by atoms with Crippen LogP contribution in [0.25, 0.3) is 0 Å². The molecule has 51 heavy (non-hydrogen) atoms. The molecule has 2 aromatic heterocycles. The summed E-state index contributed by atoms with van der Waals surface area (Å²) in [6.45, 7) is 7.56. The van der Waals surface area contributed by atoms with Gasteiger partial charge in [0.1, 0.15) is 0 Å². The van der Waals surface area contributed by atoms with Crippen LogP contribution in [0.2, 0.25) is 19.6 Å². The molecule has 1 unspecified atom stereocenters. The Hall–Kier alpha value is -1.54. The molecular weight excluding hydrogens is 718 g/mol. The molecule has 0 amide bonds. The van der Waals surface area contributed by atoms with Crippen molar-refractivity contribution in [1.29, 1.82) is 0 Å². The van der Waals surface area contributed by atoms with Gasteiger partial charge in [0.15, 0.2) is 0 Å². The number of nitrogens with zero attached hydrogens (tertiary/aromatic N) is 4. The molecule has 12 rings (SSSR count). The fourth-order valence-corrected chi connectivity index (χ4v) is 19.9. The van der Waals surface area contributed by atoms with Gasteiger partial charge in [-0.15, -0.1) is 22.7 Å². The van der Waals surface area contributed by atoms with Crippen molar-refractivity contribution < 1.29 is 17.1 Å². The zero-order valence-electron chi connectivity index (χ0n) is 30.8. The maximum absolute atomic E-state index is 4.97. The number of hydrogen-bond acceptors (Lipinski definition) is 4. The van der Waals surface area contributed by atoms with E-state index < -0.39 is 13.2 Å². The van der Waals surface area contributed by atoms with Crippen molar-refractivity contribution in [2.45, 2.75) is 118 Å². The van der Waals surface area contributed by atoms with Gasteiger partial charge in [-0.05, 0) is 123 Å². The van der Waals surface area contributed by atoms with Gasteiger partial charge in [0, 0.05) is 37.2 Å². The first-order valence-electron chi connectivity index (χ1n) is 19.7. The second-order valence-corrected chi connectivity index (χ2v) is 27.8. The predicted molar refractivity (Wildman–Crippen MR) is 213 cm³/mol. The summed E-state index contributed by atoms with van der Waals surface area (Å²) < 4.78 is 0. The third-order valence-electron chi connectivity index (χ3n) is 14.2. The quantitative estimate of drug-likeness (QED) is 0.102. The minimum absolute atomic E-state index is 0. The van der Waals surface area contributed by atoms with Gasteiger partial charge in [-0.2, -0.15) is 35.0 Å². The fourth-order valence-electron chi connectivity index (χ4n) is 13.0. The molecule has 4 aromatic rings. The second kappa shape index (κ2) is 13.9. The summed E-state index contributed by atoms with van der Waals surface area (Å²) in [6, 6.07) is 15.3. The smallest absolute Gasteiger partial charge is 0.261 e. The van der Waals surface area contributed by atoms with E-state index in [2.05, 4.69) is 51.0 Å². The van der Waals surface area contributed by atoms with Crippen LogP contribution < -0.4 is 5.19 Å². The molecule has 0 N–H and O–H groups in total. The Morgan fingerprint density at radius 1 is 0.725 bits per heavy atom. The molecule has 2 heterocycles. The van der Waals surface area contributed by atoms with Crippen LogP contribution in [0.4, 0.5) is 0 Å². The molecule has 1 atom stereocenters. The minimum atomic E-state index is -1.59. The number of rotatable bonds is 8. The van der Waals surface area contributed by atoms with Crippen molar-refractivity contribution >= 4 is 30.4 Å². The van der Waals surface area contributed by atoms with Gasteiger partial charge in [-0.3, -0.25) is 19.9 Å². The predicted octanol–water partition coefficient (Wildman–Crippen LogP) is 10.0. The molecule has 8 heteroatoms. The summed E-state index contributed by atoms with van der Waals surface area (Å²) in [5.41, 5.74) is 4.93. The average Bonchev–Trinajstić information content (AvgIpc) is 3.81. The molecule has 2 aromatic carbocycles. The Kier molecular flexibility index (Phi) is 9.96. The van der Waals surface area contributed by atoms with E-state index in [4.69, 9.17) is 9.97 Å². The third kappa shape index (κ3) is 6.64. The van der Waals surface area contributed by atoms with E-state index in [0.29, 0.717) is 10.3 Å². The molecule has 4 nitrogen and oxygen atoms in total. The maximum atomic E-state index is 4.97. The van der Waals surface area contributed by atoms with Gasteiger partial charge >= 0.3 is 17.1 Å². The summed E-state index contributed by atoms with van der Waals surface area (Å²) in [5, 5.41) is 2.22. The second-order valence-electron chi connectivity index (χ2n) is 18.8. The SMILES string of the molecule is C[Si](C)(C)c1cc(CP(C23CC4CC(CC(C4)C2)C3)C23CC4CC(CC(C4)C2)C3)c(C(P)(c2cnccn2)c2cnccn2)[cH-]1.[Fe+2].c1cc[cH-]c1. The molecule has 0 radical (unpaired) electrons. The Morgan fingerprint density at radius 2 is 1.16 bits per heavy atom. The van der Waals surface area contributed by atoms with Gasteiger partial charge in [0.2, 0.25) is 0 Å². The monoisotopic (exact) mass is 774 g/mol. The first-order valence-corrected chi connectivity index (χ1v) is 25.3. The van der Waals surface area contributed by atoms with Crippen molar-refractivity contribution in [2.75, 3.05) is 0 Å². The van der Waals surface area contributed by atoms with Crippen molar-refractivity contribution in [3.8, 4) is 0 Å². The Labute approximate surface area is 321 Å². The largest absolute Gasteiger partial charge is 2.00 e. The van der Waals surface area contributed by atoms with Crippen LogP contribution in [-0.2, 0) is 28.4 Å². The van der Waals surface area contributed by atoms with Crippen LogP contribution in [0.1, 0.15) is 99.6 Å². The first kappa shape index (κ1) is 36.4. The standard InChI is InChI=1S/C38H51N4P2Si.C5H5.Fe/c1-45(2,3)32-14-31(33(15-32)38(43,34-22-39-4-6-41-34)35-23-40-5-7-42-35)24-44(36-16-25-8-26(17-36)10-27(9-25)18-36)37-19-28-11-29(20-37)13-30(12-28)21-37;1-2-4-5-3-1;/h4-7,14-15,22-23,25-30H,8-13,16-21,24,43H2,1-3H3;1-5H;/q2*-1;+2. The minimum Gasteiger partial charge on any atom is -0.261 e. The summed E-state index contributed by atoms with van der Waals surface area (Å²) in [7, 11) is 1.49. The summed E-state index contributed by atoms with van der Waals surface area (Å²) in [5.74, 6) is 6.04. The zero-order chi connectivity index (χ0) is 34.1. The molecule has 8 saturated carbocycles. The van der Waals surface area contributed by atoms with E-state index in [1.807, 2.05) is 55.1 Å². The summed E-state index contributed by atoms with van der Waals surface area (Å²) in [4.78, 5) is 19.1. The van der Waals surface area contributed by atoms with Crippen LogP contribution in [0.15, 0.2) is 79.6 Å². The van der Waals surface area contributed by atoms with Gasteiger partial charge in [-0.25, -0.2) is 18.2 Å². The molecular formula is C43H56FeN4P2Si. The van der Waals surface area contributed by atoms with Crippen molar-refractivity contribution in [2.24, 2.45) is 35.5 Å². The number of hydrogen-bond donors (Lipinski definition) is 0. The Balaban J connectivity index is 0.000000576.